The molecule has 0 radical (unpaired) electrons. The number of fused-ring (bicyclic) bond motifs is 13. The molecule has 1 aliphatic carbocycles. The number of benzene rings is 10. The molecule has 0 atom stereocenters. The predicted molar refractivity (Wildman–Crippen MR) is 238 cm³/mol. The second-order valence-electron chi connectivity index (χ2n) is 16.0. The summed E-state index contributed by atoms with van der Waals surface area (Å²) >= 11 is 0. The minimum atomic E-state index is -0.187. The van der Waals surface area contributed by atoms with Gasteiger partial charge in [-0.3, -0.25) is 0 Å². The Balaban J connectivity index is 0.995. The van der Waals surface area contributed by atoms with Crippen molar-refractivity contribution in [1.29, 1.82) is 0 Å². The molecule has 1 nitrogen and oxygen atoms in total. The monoisotopic (exact) mass is 712 g/mol. The van der Waals surface area contributed by atoms with Crippen LogP contribution in [0.1, 0.15) is 25.0 Å². The Morgan fingerprint density at radius 3 is 1.41 bits per heavy atom. The van der Waals surface area contributed by atoms with Crippen molar-refractivity contribution >= 4 is 65.0 Å². The lowest BCUT2D eigenvalue weighted by molar-refractivity contribution is 0.661. The Kier molecular flexibility index (Phi) is 6.46. The highest BCUT2D eigenvalue weighted by Crippen LogP contribution is 2.52. The zero-order chi connectivity index (χ0) is 37.1. The molecule has 1 aliphatic rings. The van der Waals surface area contributed by atoms with Crippen LogP contribution in [0.25, 0.3) is 110 Å². The molecular formula is C55H36O. The van der Waals surface area contributed by atoms with E-state index in [1.54, 1.807) is 0 Å². The molecule has 0 fully saturated rings. The maximum Gasteiger partial charge on any atom is 0.143 e. The highest BCUT2D eigenvalue weighted by atomic mass is 16.3. The average Bonchev–Trinajstić information content (AvgIpc) is 3.75. The van der Waals surface area contributed by atoms with Crippen molar-refractivity contribution in [3.05, 3.63) is 193 Å². The molecule has 1 heterocycles. The Hall–Kier alpha value is -6.96. The third-order valence-electron chi connectivity index (χ3n) is 12.6. The summed E-state index contributed by atoms with van der Waals surface area (Å²) in [5.74, 6) is 0. The van der Waals surface area contributed by atoms with Crippen LogP contribution in [-0.2, 0) is 5.41 Å². The summed E-state index contributed by atoms with van der Waals surface area (Å²) in [6.45, 7) is 4.78. The van der Waals surface area contributed by atoms with Crippen molar-refractivity contribution in [3.8, 4) is 44.5 Å². The molecule has 11 aromatic rings. The molecule has 0 spiro atoms. The van der Waals surface area contributed by atoms with Crippen LogP contribution in [0.2, 0.25) is 0 Å². The topological polar surface area (TPSA) is 13.1 Å². The van der Waals surface area contributed by atoms with Gasteiger partial charge in [-0.2, -0.15) is 0 Å². The van der Waals surface area contributed by atoms with Gasteiger partial charge < -0.3 is 4.42 Å². The van der Waals surface area contributed by atoms with Crippen LogP contribution in [0.3, 0.4) is 0 Å². The van der Waals surface area contributed by atoms with Crippen molar-refractivity contribution in [2.75, 3.05) is 0 Å². The quantitative estimate of drug-likeness (QED) is 0.131. The van der Waals surface area contributed by atoms with Crippen LogP contribution >= 0.6 is 0 Å². The third-order valence-corrected chi connectivity index (χ3v) is 12.6. The van der Waals surface area contributed by atoms with E-state index in [2.05, 4.69) is 196 Å². The molecule has 0 N–H and O–H groups in total. The average molecular weight is 713 g/mol. The van der Waals surface area contributed by atoms with Gasteiger partial charge >= 0.3 is 0 Å². The first-order valence-electron chi connectivity index (χ1n) is 19.6. The minimum absolute atomic E-state index is 0.187. The molecule has 56 heavy (non-hydrogen) atoms. The fraction of sp³-hybridized carbons (Fsp3) is 0.0545. The summed E-state index contributed by atoms with van der Waals surface area (Å²) in [6, 6.07) is 67.0. The molecule has 0 amide bonds. The fourth-order valence-corrected chi connectivity index (χ4v) is 10.0. The second kappa shape index (κ2) is 11.5. The SMILES string of the molecule is CC1(C)c2cc(-c3ccc4c(c3)oc3c5ccccc5c5ccccc5c43)ccc2-c2ccc(-c3c4ccccc4c(-c4ccccc4)c4ccccc34)cc21. The smallest absolute Gasteiger partial charge is 0.143 e. The predicted octanol–water partition coefficient (Wildman–Crippen LogP) is 15.5. The maximum absolute atomic E-state index is 6.77. The minimum Gasteiger partial charge on any atom is -0.455 e. The van der Waals surface area contributed by atoms with E-state index in [4.69, 9.17) is 4.42 Å². The summed E-state index contributed by atoms with van der Waals surface area (Å²) in [4.78, 5) is 0. The normalized spacial score (nSPS) is 13.3. The molecule has 0 saturated carbocycles. The highest BCUT2D eigenvalue weighted by molar-refractivity contribution is 6.30. The van der Waals surface area contributed by atoms with E-state index in [1.165, 1.54) is 93.2 Å². The largest absolute Gasteiger partial charge is 0.455 e. The van der Waals surface area contributed by atoms with Gasteiger partial charge in [0.2, 0.25) is 0 Å². The van der Waals surface area contributed by atoms with E-state index < -0.39 is 0 Å². The Morgan fingerprint density at radius 2 is 0.786 bits per heavy atom. The van der Waals surface area contributed by atoms with Crippen LogP contribution in [0.5, 0.6) is 0 Å². The molecule has 0 unspecified atom stereocenters. The Morgan fingerprint density at radius 1 is 0.339 bits per heavy atom. The van der Waals surface area contributed by atoms with Gasteiger partial charge in [-0.05, 0) is 118 Å². The molecule has 262 valence electrons. The number of hydrogen-bond donors (Lipinski definition) is 0. The van der Waals surface area contributed by atoms with Gasteiger partial charge in [-0.1, -0.05) is 172 Å². The standard InChI is InChI=1S/C55H36O/c1-55(2)48-30-34(35-25-29-47-50(32-35)56-54-46-23-13-7-17-38(46)37-16-6-8-18-41(37)53(47)54)24-27-39(48)40-28-26-36(31-49(40)55)52-44-21-11-9-19-42(44)51(33-14-4-3-5-15-33)43-20-10-12-22-45(43)52/h3-32H,1-2H3. The van der Waals surface area contributed by atoms with Crippen molar-refractivity contribution < 1.29 is 4.42 Å². The molecule has 0 bridgehead atoms. The van der Waals surface area contributed by atoms with Crippen molar-refractivity contribution in [1.82, 2.24) is 0 Å². The van der Waals surface area contributed by atoms with E-state index in [0.717, 1.165) is 27.5 Å². The van der Waals surface area contributed by atoms with E-state index in [-0.39, 0.29) is 5.41 Å². The van der Waals surface area contributed by atoms with Gasteiger partial charge in [0, 0.05) is 21.6 Å². The van der Waals surface area contributed by atoms with Gasteiger partial charge in [-0.15, -0.1) is 0 Å². The van der Waals surface area contributed by atoms with Gasteiger partial charge in [0.1, 0.15) is 11.2 Å². The molecule has 1 heteroatoms. The maximum atomic E-state index is 6.77. The lowest BCUT2D eigenvalue weighted by Crippen LogP contribution is -2.15. The first kappa shape index (κ1) is 31.4. The molecule has 0 saturated heterocycles. The Labute approximate surface area is 325 Å². The van der Waals surface area contributed by atoms with E-state index >= 15 is 0 Å². The third kappa shape index (κ3) is 4.31. The van der Waals surface area contributed by atoms with Gasteiger partial charge in [0.25, 0.3) is 0 Å². The van der Waals surface area contributed by atoms with Crippen molar-refractivity contribution in [2.24, 2.45) is 0 Å². The fourth-order valence-electron chi connectivity index (χ4n) is 10.0. The zero-order valence-electron chi connectivity index (χ0n) is 31.2. The van der Waals surface area contributed by atoms with Gasteiger partial charge in [0.05, 0.1) is 0 Å². The Bertz CT molecular complexity index is 3380. The second-order valence-corrected chi connectivity index (χ2v) is 16.0. The lowest BCUT2D eigenvalue weighted by Gasteiger charge is -2.23. The van der Waals surface area contributed by atoms with Crippen molar-refractivity contribution in [3.63, 3.8) is 0 Å². The lowest BCUT2D eigenvalue weighted by atomic mass is 9.80. The summed E-state index contributed by atoms with van der Waals surface area (Å²) < 4.78 is 6.77. The molecule has 1 aromatic heterocycles. The number of rotatable bonds is 3. The molecular weight excluding hydrogens is 677 g/mol. The van der Waals surface area contributed by atoms with Gasteiger partial charge in [-0.25, -0.2) is 0 Å². The zero-order valence-corrected chi connectivity index (χ0v) is 31.2. The summed E-state index contributed by atoms with van der Waals surface area (Å²) in [6.07, 6.45) is 0. The first-order chi connectivity index (χ1) is 27.5. The highest BCUT2D eigenvalue weighted by Gasteiger charge is 2.36. The first-order valence-corrected chi connectivity index (χ1v) is 19.6. The summed E-state index contributed by atoms with van der Waals surface area (Å²) in [5.41, 5.74) is 14.5. The van der Waals surface area contributed by atoms with Crippen LogP contribution < -0.4 is 0 Å². The van der Waals surface area contributed by atoms with E-state index in [1.807, 2.05) is 0 Å². The summed E-state index contributed by atoms with van der Waals surface area (Å²) in [5, 5.41) is 12.3. The molecule has 10 aromatic carbocycles. The van der Waals surface area contributed by atoms with Gasteiger partial charge in [0.15, 0.2) is 0 Å². The molecule has 0 aliphatic heterocycles. The molecule has 12 rings (SSSR count). The van der Waals surface area contributed by atoms with Crippen LogP contribution in [-0.4, -0.2) is 0 Å². The van der Waals surface area contributed by atoms with E-state index in [9.17, 15) is 0 Å². The number of furan rings is 1. The van der Waals surface area contributed by atoms with Crippen molar-refractivity contribution in [2.45, 2.75) is 19.3 Å². The van der Waals surface area contributed by atoms with E-state index in [0.29, 0.717) is 0 Å². The van der Waals surface area contributed by atoms with Crippen LogP contribution in [0.15, 0.2) is 186 Å². The van der Waals surface area contributed by atoms with Crippen LogP contribution in [0, 0.1) is 0 Å². The number of hydrogen-bond acceptors (Lipinski definition) is 1. The summed E-state index contributed by atoms with van der Waals surface area (Å²) in [7, 11) is 0. The van der Waals surface area contributed by atoms with Crippen LogP contribution in [0.4, 0.5) is 0 Å².